The van der Waals surface area contributed by atoms with Crippen LogP contribution in [-0.2, 0) is 4.74 Å². The monoisotopic (exact) mass is 211 g/mol. The highest BCUT2D eigenvalue weighted by Gasteiger charge is 1.96. The maximum absolute atomic E-state index is 11.1. The molecule has 0 bridgehead atoms. The van der Waals surface area contributed by atoms with Gasteiger partial charge in [0.15, 0.2) is 0 Å². The quantitative estimate of drug-likeness (QED) is 0.686. The molecule has 0 saturated carbocycles. The first-order valence-corrected chi connectivity index (χ1v) is 5.12. The van der Waals surface area contributed by atoms with E-state index in [0.29, 0.717) is 11.6 Å². The normalized spacial score (nSPS) is 10.3. The minimum absolute atomic E-state index is 0.130. The van der Waals surface area contributed by atoms with Crippen LogP contribution >= 0.6 is 0 Å². The largest absolute Gasteiger partial charge is 0.382 e. The van der Waals surface area contributed by atoms with Crippen molar-refractivity contribution in [2.24, 2.45) is 0 Å². The number of aromatic nitrogens is 2. The fourth-order valence-electron chi connectivity index (χ4n) is 1.19. The third-order valence-electron chi connectivity index (χ3n) is 1.83. The Kier molecular flexibility index (Phi) is 4.83. The zero-order valence-corrected chi connectivity index (χ0v) is 9.17. The SMILES string of the molecule is CCOCCCNc1nc(C)cc(=O)[nH]1. The summed E-state index contributed by atoms with van der Waals surface area (Å²) in [4.78, 5) is 17.9. The standard InChI is InChI=1S/C10H17N3O2/c1-3-15-6-4-5-11-10-12-8(2)7-9(14)13-10/h7H,3-6H2,1-2H3,(H2,11,12,13,14). The van der Waals surface area contributed by atoms with Crippen LogP contribution in [0.4, 0.5) is 5.95 Å². The van der Waals surface area contributed by atoms with E-state index in [2.05, 4.69) is 15.3 Å². The van der Waals surface area contributed by atoms with Gasteiger partial charge in [0.2, 0.25) is 5.95 Å². The van der Waals surface area contributed by atoms with Gasteiger partial charge in [0.05, 0.1) is 0 Å². The topological polar surface area (TPSA) is 67.0 Å². The zero-order valence-electron chi connectivity index (χ0n) is 9.17. The molecule has 0 amide bonds. The average molecular weight is 211 g/mol. The summed E-state index contributed by atoms with van der Waals surface area (Å²) in [6.07, 6.45) is 0.894. The lowest BCUT2D eigenvalue weighted by Crippen LogP contribution is -2.14. The molecule has 1 heterocycles. The van der Waals surface area contributed by atoms with Crippen LogP contribution in [0.25, 0.3) is 0 Å². The predicted molar refractivity (Wildman–Crippen MR) is 59.2 cm³/mol. The summed E-state index contributed by atoms with van der Waals surface area (Å²) >= 11 is 0. The van der Waals surface area contributed by atoms with Crippen molar-refractivity contribution < 1.29 is 4.74 Å². The van der Waals surface area contributed by atoms with Crippen LogP contribution in [0, 0.1) is 6.92 Å². The van der Waals surface area contributed by atoms with E-state index in [1.54, 1.807) is 6.92 Å². The second-order valence-electron chi connectivity index (χ2n) is 3.21. The fourth-order valence-corrected chi connectivity index (χ4v) is 1.19. The van der Waals surface area contributed by atoms with E-state index in [1.165, 1.54) is 6.07 Å². The van der Waals surface area contributed by atoms with Crippen molar-refractivity contribution in [1.82, 2.24) is 9.97 Å². The van der Waals surface area contributed by atoms with Gasteiger partial charge in [0.25, 0.3) is 5.56 Å². The van der Waals surface area contributed by atoms with E-state index < -0.39 is 0 Å². The maximum Gasteiger partial charge on any atom is 0.252 e. The number of nitrogens with one attached hydrogen (secondary N) is 2. The van der Waals surface area contributed by atoms with Gasteiger partial charge in [-0.05, 0) is 20.3 Å². The Morgan fingerprint density at radius 2 is 2.40 bits per heavy atom. The number of anilines is 1. The minimum atomic E-state index is -0.130. The lowest BCUT2D eigenvalue weighted by atomic mass is 10.4. The summed E-state index contributed by atoms with van der Waals surface area (Å²) in [5.74, 6) is 0.525. The Hall–Kier alpha value is -1.36. The fraction of sp³-hybridized carbons (Fsp3) is 0.600. The third-order valence-corrected chi connectivity index (χ3v) is 1.83. The van der Waals surface area contributed by atoms with E-state index in [0.717, 1.165) is 26.2 Å². The number of rotatable bonds is 6. The second kappa shape index (κ2) is 6.19. The van der Waals surface area contributed by atoms with Crippen molar-refractivity contribution in [3.05, 3.63) is 22.1 Å². The highest BCUT2D eigenvalue weighted by atomic mass is 16.5. The summed E-state index contributed by atoms with van der Waals surface area (Å²) in [5.41, 5.74) is 0.584. The molecule has 0 radical (unpaired) electrons. The van der Waals surface area contributed by atoms with Gasteiger partial charge in [-0.3, -0.25) is 9.78 Å². The average Bonchev–Trinajstić information content (AvgIpc) is 2.16. The molecule has 2 N–H and O–H groups in total. The molecule has 1 aromatic heterocycles. The number of hydrogen-bond donors (Lipinski definition) is 2. The molecule has 0 saturated heterocycles. The van der Waals surface area contributed by atoms with Crippen LogP contribution < -0.4 is 10.9 Å². The molecule has 84 valence electrons. The minimum Gasteiger partial charge on any atom is -0.382 e. The molecule has 0 spiro atoms. The Labute approximate surface area is 88.9 Å². The molecular formula is C10H17N3O2. The molecule has 0 aliphatic rings. The van der Waals surface area contributed by atoms with E-state index >= 15 is 0 Å². The van der Waals surface area contributed by atoms with Gasteiger partial charge < -0.3 is 10.1 Å². The van der Waals surface area contributed by atoms with E-state index in [9.17, 15) is 4.79 Å². The molecule has 1 aromatic rings. The van der Waals surface area contributed by atoms with E-state index in [4.69, 9.17) is 4.74 Å². The van der Waals surface area contributed by atoms with Gasteiger partial charge >= 0.3 is 0 Å². The van der Waals surface area contributed by atoms with Gasteiger partial charge in [-0.2, -0.15) is 0 Å². The van der Waals surface area contributed by atoms with Crippen LogP contribution in [-0.4, -0.2) is 29.7 Å². The molecule has 0 atom stereocenters. The molecule has 15 heavy (non-hydrogen) atoms. The summed E-state index contributed by atoms with van der Waals surface area (Å²) in [5, 5.41) is 3.04. The zero-order chi connectivity index (χ0) is 11.1. The first-order valence-electron chi connectivity index (χ1n) is 5.12. The number of hydrogen-bond acceptors (Lipinski definition) is 4. The molecule has 0 unspecified atom stereocenters. The van der Waals surface area contributed by atoms with Gasteiger partial charge in [-0.25, -0.2) is 4.98 Å². The van der Waals surface area contributed by atoms with E-state index in [1.807, 2.05) is 6.92 Å². The smallest absolute Gasteiger partial charge is 0.252 e. The maximum atomic E-state index is 11.1. The molecule has 5 heteroatoms. The van der Waals surface area contributed by atoms with Crippen molar-refractivity contribution >= 4 is 5.95 Å². The summed E-state index contributed by atoms with van der Waals surface area (Å²) in [7, 11) is 0. The third kappa shape index (κ3) is 4.60. The van der Waals surface area contributed by atoms with Crippen LogP contribution in [0.15, 0.2) is 10.9 Å². The van der Waals surface area contributed by atoms with Crippen LogP contribution in [0.1, 0.15) is 19.0 Å². The van der Waals surface area contributed by atoms with Crippen LogP contribution in [0.3, 0.4) is 0 Å². The molecule has 0 aliphatic carbocycles. The number of H-pyrrole nitrogens is 1. The van der Waals surface area contributed by atoms with Crippen molar-refractivity contribution in [3.8, 4) is 0 Å². The molecule has 0 fully saturated rings. The Bertz CT molecular complexity index is 349. The van der Waals surface area contributed by atoms with Crippen molar-refractivity contribution in [2.75, 3.05) is 25.1 Å². The summed E-state index contributed by atoms with van der Waals surface area (Å²) in [6, 6.07) is 1.46. The Morgan fingerprint density at radius 3 is 3.07 bits per heavy atom. The van der Waals surface area contributed by atoms with Crippen LogP contribution in [0.5, 0.6) is 0 Å². The van der Waals surface area contributed by atoms with Gasteiger partial charge in [-0.1, -0.05) is 0 Å². The molecular weight excluding hydrogens is 194 g/mol. The Morgan fingerprint density at radius 1 is 1.60 bits per heavy atom. The first kappa shape index (κ1) is 11.7. The lowest BCUT2D eigenvalue weighted by Gasteiger charge is -2.05. The lowest BCUT2D eigenvalue weighted by molar-refractivity contribution is 0.147. The van der Waals surface area contributed by atoms with Gasteiger partial charge in [0.1, 0.15) is 0 Å². The number of aromatic amines is 1. The van der Waals surface area contributed by atoms with Crippen LogP contribution in [0.2, 0.25) is 0 Å². The number of nitrogens with zero attached hydrogens (tertiary/aromatic N) is 1. The van der Waals surface area contributed by atoms with Crippen molar-refractivity contribution in [3.63, 3.8) is 0 Å². The Balaban J connectivity index is 2.34. The summed E-state index contributed by atoms with van der Waals surface area (Å²) in [6.45, 7) is 5.96. The second-order valence-corrected chi connectivity index (χ2v) is 3.21. The highest BCUT2D eigenvalue weighted by Crippen LogP contribution is 1.95. The molecule has 0 aliphatic heterocycles. The number of aryl methyl sites for hydroxylation is 1. The predicted octanol–water partition coefficient (Wildman–Crippen LogP) is 0.917. The molecule has 1 rings (SSSR count). The van der Waals surface area contributed by atoms with Gasteiger partial charge in [0, 0.05) is 31.5 Å². The summed E-state index contributed by atoms with van der Waals surface area (Å²) < 4.78 is 5.19. The highest BCUT2D eigenvalue weighted by molar-refractivity contribution is 5.24. The number of ether oxygens (including phenoxy) is 1. The van der Waals surface area contributed by atoms with E-state index in [-0.39, 0.29) is 5.56 Å². The first-order chi connectivity index (χ1) is 7.22. The van der Waals surface area contributed by atoms with Crippen molar-refractivity contribution in [1.29, 1.82) is 0 Å². The van der Waals surface area contributed by atoms with Gasteiger partial charge in [-0.15, -0.1) is 0 Å². The van der Waals surface area contributed by atoms with Crippen molar-refractivity contribution in [2.45, 2.75) is 20.3 Å². The molecule has 0 aromatic carbocycles. The molecule has 5 nitrogen and oxygen atoms in total.